The zero-order valence-electron chi connectivity index (χ0n) is 10.6. The maximum Gasteiger partial charge on any atom is 0.389 e. The van der Waals surface area contributed by atoms with E-state index in [1.807, 2.05) is 13.8 Å². The number of alkyl halides is 3. The molecule has 0 aliphatic rings. The van der Waals surface area contributed by atoms with Gasteiger partial charge in [-0.1, -0.05) is 13.8 Å². The summed E-state index contributed by atoms with van der Waals surface area (Å²) in [6.07, 6.45) is -5.33. The molecule has 0 unspecified atom stereocenters. The largest absolute Gasteiger partial charge is 0.492 e. The van der Waals surface area contributed by atoms with Crippen molar-refractivity contribution in [1.29, 1.82) is 0 Å². The smallest absolute Gasteiger partial charge is 0.389 e. The Morgan fingerprint density at radius 2 is 2.11 bits per heavy atom. The average molecular weight is 296 g/mol. The molecule has 1 N–H and O–H groups in total. The van der Waals surface area contributed by atoms with Crippen molar-refractivity contribution < 1.29 is 27.8 Å². The van der Waals surface area contributed by atoms with E-state index in [4.69, 9.17) is 9.84 Å². The van der Waals surface area contributed by atoms with Gasteiger partial charge in [0.15, 0.2) is 4.88 Å². The molecule has 1 aromatic rings. The van der Waals surface area contributed by atoms with Gasteiger partial charge in [-0.3, -0.25) is 0 Å². The minimum absolute atomic E-state index is 0.0377. The fourth-order valence-corrected chi connectivity index (χ4v) is 2.33. The van der Waals surface area contributed by atoms with E-state index in [1.54, 1.807) is 6.07 Å². The molecular formula is C12H15F3O3S. The Morgan fingerprint density at radius 1 is 1.47 bits per heavy atom. The molecule has 0 aromatic carbocycles. The summed E-state index contributed by atoms with van der Waals surface area (Å²) in [5.74, 6) is -0.818. The Kier molecular flexibility index (Phi) is 5.22. The second-order valence-electron chi connectivity index (χ2n) is 4.37. The van der Waals surface area contributed by atoms with Gasteiger partial charge in [0.05, 0.1) is 6.61 Å². The summed E-state index contributed by atoms with van der Waals surface area (Å²) in [6.45, 7) is 3.67. The molecule has 0 fully saturated rings. The number of thiophene rings is 1. The van der Waals surface area contributed by atoms with Gasteiger partial charge in [0, 0.05) is 11.3 Å². The first kappa shape index (κ1) is 15.8. The highest BCUT2D eigenvalue weighted by Crippen LogP contribution is 2.34. The molecule has 1 rings (SSSR count). The molecule has 7 heteroatoms. The third-order valence-corrected chi connectivity index (χ3v) is 3.75. The fourth-order valence-electron chi connectivity index (χ4n) is 1.39. The van der Waals surface area contributed by atoms with Crippen molar-refractivity contribution in [2.24, 2.45) is 0 Å². The van der Waals surface area contributed by atoms with Crippen LogP contribution in [0.1, 0.15) is 47.2 Å². The highest BCUT2D eigenvalue weighted by atomic mass is 32.1. The topological polar surface area (TPSA) is 46.5 Å². The van der Waals surface area contributed by atoms with Crippen molar-refractivity contribution in [2.45, 2.75) is 38.8 Å². The average Bonchev–Trinajstić information content (AvgIpc) is 2.67. The molecule has 0 atom stereocenters. The first-order valence-electron chi connectivity index (χ1n) is 5.77. The molecule has 108 valence electrons. The van der Waals surface area contributed by atoms with Crippen molar-refractivity contribution in [3.8, 4) is 5.75 Å². The van der Waals surface area contributed by atoms with Crippen LogP contribution in [0.15, 0.2) is 6.07 Å². The van der Waals surface area contributed by atoms with E-state index in [2.05, 4.69) is 0 Å². The van der Waals surface area contributed by atoms with Crippen LogP contribution in [0.25, 0.3) is 0 Å². The van der Waals surface area contributed by atoms with Crippen LogP contribution in [-0.4, -0.2) is 23.9 Å². The predicted molar refractivity (Wildman–Crippen MR) is 66.2 cm³/mol. The van der Waals surface area contributed by atoms with E-state index in [9.17, 15) is 18.0 Å². The minimum atomic E-state index is -4.21. The second-order valence-corrected chi connectivity index (χ2v) is 5.45. The highest BCUT2D eigenvalue weighted by Gasteiger charge is 2.26. The van der Waals surface area contributed by atoms with Crippen LogP contribution >= 0.6 is 11.3 Å². The quantitative estimate of drug-likeness (QED) is 0.796. The lowest BCUT2D eigenvalue weighted by Gasteiger charge is -2.07. The number of hydrogen-bond acceptors (Lipinski definition) is 3. The van der Waals surface area contributed by atoms with Crippen LogP contribution in [-0.2, 0) is 0 Å². The number of carboxylic acid groups (broad SMARTS) is 1. The molecule has 0 amide bonds. The van der Waals surface area contributed by atoms with Crippen molar-refractivity contribution in [1.82, 2.24) is 0 Å². The molecule has 3 nitrogen and oxygen atoms in total. The Hall–Kier alpha value is -1.24. The van der Waals surface area contributed by atoms with Gasteiger partial charge in [-0.05, 0) is 18.4 Å². The van der Waals surface area contributed by atoms with E-state index < -0.39 is 18.6 Å². The van der Waals surface area contributed by atoms with Crippen LogP contribution in [0, 0.1) is 0 Å². The third-order valence-electron chi connectivity index (χ3n) is 2.34. The summed E-state index contributed by atoms with van der Waals surface area (Å²) in [5, 5.41) is 9.00. The first-order valence-corrected chi connectivity index (χ1v) is 6.59. The van der Waals surface area contributed by atoms with Gasteiger partial charge in [0.2, 0.25) is 0 Å². The van der Waals surface area contributed by atoms with E-state index >= 15 is 0 Å². The van der Waals surface area contributed by atoms with Crippen molar-refractivity contribution in [3.63, 3.8) is 0 Å². The number of aromatic carboxylic acids is 1. The summed E-state index contributed by atoms with van der Waals surface area (Å²) in [4.78, 5) is 11.9. The molecule has 0 aliphatic heterocycles. The molecule has 19 heavy (non-hydrogen) atoms. The van der Waals surface area contributed by atoms with E-state index in [1.165, 1.54) is 0 Å². The number of carbonyl (C=O) groups is 1. The van der Waals surface area contributed by atoms with Crippen LogP contribution < -0.4 is 4.74 Å². The van der Waals surface area contributed by atoms with Crippen LogP contribution in [0.3, 0.4) is 0 Å². The standard InChI is InChI=1S/C12H15F3O3S/c1-7(2)9-6-8(10(19-9)11(16)17)18-5-3-4-12(13,14)15/h6-7H,3-5H2,1-2H3,(H,16,17). The molecule has 0 saturated heterocycles. The molecule has 0 bridgehead atoms. The lowest BCUT2D eigenvalue weighted by molar-refractivity contribution is -0.136. The van der Waals surface area contributed by atoms with Crippen LogP contribution in [0.5, 0.6) is 5.75 Å². The molecule has 0 saturated carbocycles. The highest BCUT2D eigenvalue weighted by molar-refractivity contribution is 7.14. The lowest BCUT2D eigenvalue weighted by Crippen LogP contribution is -2.10. The summed E-state index contributed by atoms with van der Waals surface area (Å²) in [6, 6.07) is 1.59. The van der Waals surface area contributed by atoms with E-state index in [-0.39, 0.29) is 29.6 Å². The Morgan fingerprint density at radius 3 is 2.58 bits per heavy atom. The van der Waals surface area contributed by atoms with E-state index in [0.29, 0.717) is 0 Å². The number of carboxylic acids is 1. The van der Waals surface area contributed by atoms with Crippen LogP contribution in [0.4, 0.5) is 13.2 Å². The first-order chi connectivity index (χ1) is 8.70. The van der Waals surface area contributed by atoms with Gasteiger partial charge < -0.3 is 9.84 Å². The second kappa shape index (κ2) is 6.27. The summed E-state index contributed by atoms with van der Waals surface area (Å²) < 4.78 is 41.0. The number of hydrogen-bond donors (Lipinski definition) is 1. The molecule has 0 spiro atoms. The molecule has 1 heterocycles. The zero-order chi connectivity index (χ0) is 14.6. The van der Waals surface area contributed by atoms with Crippen molar-refractivity contribution in [3.05, 3.63) is 15.8 Å². The van der Waals surface area contributed by atoms with Gasteiger partial charge in [0.1, 0.15) is 5.75 Å². The monoisotopic (exact) mass is 296 g/mol. The molecular weight excluding hydrogens is 281 g/mol. The summed E-state index contributed by atoms with van der Waals surface area (Å²) in [7, 11) is 0. The maximum absolute atomic E-state index is 12.0. The number of ether oxygens (including phenoxy) is 1. The van der Waals surface area contributed by atoms with E-state index in [0.717, 1.165) is 16.2 Å². The van der Waals surface area contributed by atoms with Crippen molar-refractivity contribution in [2.75, 3.05) is 6.61 Å². The SMILES string of the molecule is CC(C)c1cc(OCCCC(F)(F)F)c(C(=O)O)s1. The summed E-state index contributed by atoms with van der Waals surface area (Å²) in [5.41, 5.74) is 0. The minimum Gasteiger partial charge on any atom is -0.492 e. The zero-order valence-corrected chi connectivity index (χ0v) is 11.4. The molecule has 1 aromatic heterocycles. The fraction of sp³-hybridized carbons (Fsp3) is 0.583. The maximum atomic E-state index is 12.0. The van der Waals surface area contributed by atoms with Gasteiger partial charge in [-0.15, -0.1) is 11.3 Å². The Balaban J connectivity index is 2.64. The Bertz CT molecular complexity index is 438. The van der Waals surface area contributed by atoms with Crippen molar-refractivity contribution >= 4 is 17.3 Å². The normalized spacial score (nSPS) is 11.9. The van der Waals surface area contributed by atoms with Gasteiger partial charge in [0.25, 0.3) is 0 Å². The van der Waals surface area contributed by atoms with Crippen LogP contribution in [0.2, 0.25) is 0 Å². The number of rotatable bonds is 6. The number of halogens is 3. The Labute approximate surface area is 113 Å². The molecule has 0 radical (unpaired) electrons. The predicted octanol–water partition coefficient (Wildman–Crippen LogP) is 4.29. The molecule has 0 aliphatic carbocycles. The lowest BCUT2D eigenvalue weighted by atomic mass is 10.2. The van der Waals surface area contributed by atoms with Gasteiger partial charge in [-0.25, -0.2) is 4.79 Å². The van der Waals surface area contributed by atoms with Gasteiger partial charge >= 0.3 is 12.1 Å². The third kappa shape index (κ3) is 5.10. The summed E-state index contributed by atoms with van der Waals surface area (Å²) >= 11 is 1.09. The van der Waals surface area contributed by atoms with Gasteiger partial charge in [-0.2, -0.15) is 13.2 Å².